The maximum Gasteiger partial charge on any atom is 0.290 e. The molecule has 5 N–H and O–H groups in total. The van der Waals surface area contributed by atoms with Gasteiger partial charge in [0.25, 0.3) is 6.47 Å². The number of nitrogens with two attached hydrogens (primary N) is 1. The Kier molecular flexibility index (Phi) is 104. The topological polar surface area (TPSA) is 95.6 Å². The van der Waals surface area contributed by atoms with Crippen molar-refractivity contribution in [3.8, 4) is 0 Å². The first-order valence-electron chi connectivity index (χ1n) is 10.9. The SMILES string of the molecule is C=CC.CC.CC.CCC(CC)CCC(NC)C(C)CC.CN.CO.O=CO. The molecule has 0 aliphatic carbocycles. The molecule has 28 heavy (non-hydrogen) atoms. The van der Waals surface area contributed by atoms with Gasteiger partial charge in [-0.25, -0.2) is 0 Å². The number of allylic oxidation sites excluding steroid dienone is 1. The van der Waals surface area contributed by atoms with Crippen LogP contribution in [0.4, 0.5) is 0 Å². The lowest BCUT2D eigenvalue weighted by Crippen LogP contribution is -2.32. The van der Waals surface area contributed by atoms with Crippen molar-refractivity contribution in [2.75, 3.05) is 21.2 Å². The van der Waals surface area contributed by atoms with Gasteiger partial charge in [0.2, 0.25) is 0 Å². The second-order valence-corrected chi connectivity index (χ2v) is 5.05. The van der Waals surface area contributed by atoms with Gasteiger partial charge in [0.05, 0.1) is 0 Å². The van der Waals surface area contributed by atoms with E-state index >= 15 is 0 Å². The average molecular weight is 411 g/mol. The van der Waals surface area contributed by atoms with E-state index in [4.69, 9.17) is 15.0 Å². The van der Waals surface area contributed by atoms with Crippen molar-refractivity contribution < 1.29 is 15.0 Å². The zero-order valence-electron chi connectivity index (χ0n) is 21.5. The van der Waals surface area contributed by atoms with Gasteiger partial charge < -0.3 is 21.3 Å². The van der Waals surface area contributed by atoms with Crippen LogP contribution in [0.25, 0.3) is 0 Å². The Morgan fingerprint density at radius 1 is 0.964 bits per heavy atom. The molecular formula is C23H58N2O3. The molecule has 0 heterocycles. The average Bonchev–Trinajstić information content (AvgIpc) is 2.78. The quantitative estimate of drug-likeness (QED) is 0.292. The predicted octanol–water partition coefficient (Wildman–Crippen LogP) is 5.97. The number of nitrogens with one attached hydrogen (secondary N) is 1. The largest absolute Gasteiger partial charge is 0.483 e. The zero-order chi connectivity index (χ0) is 24.4. The summed E-state index contributed by atoms with van der Waals surface area (Å²) >= 11 is 0. The number of aliphatic hydroxyl groups is 1. The Labute approximate surface area is 179 Å². The summed E-state index contributed by atoms with van der Waals surface area (Å²) in [5.74, 6) is 1.75. The molecular weight excluding hydrogens is 352 g/mol. The molecule has 0 aromatic heterocycles. The fraction of sp³-hybridized carbons (Fsp3) is 0.870. The molecule has 0 aliphatic heterocycles. The van der Waals surface area contributed by atoms with Crippen LogP contribution < -0.4 is 11.1 Å². The molecule has 5 heteroatoms. The summed E-state index contributed by atoms with van der Waals surface area (Å²) in [7, 11) is 4.60. The van der Waals surface area contributed by atoms with Crippen LogP contribution in [0.3, 0.4) is 0 Å². The molecule has 2 unspecified atom stereocenters. The third-order valence-electron chi connectivity index (χ3n) is 3.74. The van der Waals surface area contributed by atoms with Crippen LogP contribution in [-0.4, -0.2) is 43.9 Å². The van der Waals surface area contributed by atoms with Crippen molar-refractivity contribution in [3.05, 3.63) is 12.7 Å². The van der Waals surface area contributed by atoms with E-state index in [1.807, 2.05) is 34.6 Å². The second-order valence-electron chi connectivity index (χ2n) is 5.05. The van der Waals surface area contributed by atoms with E-state index < -0.39 is 0 Å². The molecule has 0 spiro atoms. The second kappa shape index (κ2) is 63.4. The van der Waals surface area contributed by atoms with Crippen LogP contribution in [0.1, 0.15) is 94.4 Å². The Morgan fingerprint density at radius 2 is 1.25 bits per heavy atom. The molecule has 2 atom stereocenters. The van der Waals surface area contributed by atoms with Crippen molar-refractivity contribution in [1.82, 2.24) is 5.32 Å². The summed E-state index contributed by atoms with van der Waals surface area (Å²) in [5, 5.41) is 17.3. The first-order valence-corrected chi connectivity index (χ1v) is 10.9. The van der Waals surface area contributed by atoms with Crippen molar-refractivity contribution in [2.24, 2.45) is 17.6 Å². The number of hydrogen-bond acceptors (Lipinski definition) is 4. The van der Waals surface area contributed by atoms with Crippen molar-refractivity contribution in [2.45, 2.75) is 100 Å². The summed E-state index contributed by atoms with van der Waals surface area (Å²) < 4.78 is 0. The Bertz CT molecular complexity index is 194. The number of carboxylic acid groups (broad SMARTS) is 1. The third-order valence-corrected chi connectivity index (χ3v) is 3.74. The number of aliphatic hydroxyl groups excluding tert-OH is 1. The Morgan fingerprint density at radius 3 is 1.43 bits per heavy atom. The smallest absolute Gasteiger partial charge is 0.290 e. The van der Waals surface area contributed by atoms with Gasteiger partial charge in [0.1, 0.15) is 0 Å². The summed E-state index contributed by atoms with van der Waals surface area (Å²) in [5.41, 5.74) is 4.50. The van der Waals surface area contributed by atoms with E-state index in [2.05, 4.69) is 52.4 Å². The summed E-state index contributed by atoms with van der Waals surface area (Å²) in [6, 6.07) is 0.723. The van der Waals surface area contributed by atoms with E-state index in [1.165, 1.54) is 39.2 Å². The lowest BCUT2D eigenvalue weighted by molar-refractivity contribution is -0.122. The van der Waals surface area contributed by atoms with Crippen LogP contribution in [-0.2, 0) is 4.79 Å². The highest BCUT2D eigenvalue weighted by atomic mass is 16.3. The molecule has 0 rings (SSSR count). The molecule has 5 nitrogen and oxygen atoms in total. The highest BCUT2D eigenvalue weighted by molar-refractivity contribution is 5.32. The predicted molar refractivity (Wildman–Crippen MR) is 131 cm³/mol. The minimum Gasteiger partial charge on any atom is -0.483 e. The fourth-order valence-corrected chi connectivity index (χ4v) is 2.11. The van der Waals surface area contributed by atoms with Gasteiger partial charge in [-0.3, -0.25) is 4.79 Å². The van der Waals surface area contributed by atoms with Crippen molar-refractivity contribution in [1.29, 1.82) is 0 Å². The lowest BCUT2D eigenvalue weighted by atomic mass is 9.89. The first-order chi connectivity index (χ1) is 13.5. The van der Waals surface area contributed by atoms with Crippen LogP contribution in [0.5, 0.6) is 0 Å². The Balaban J connectivity index is -0.0000000522. The van der Waals surface area contributed by atoms with Gasteiger partial charge in [-0.2, -0.15) is 0 Å². The van der Waals surface area contributed by atoms with E-state index in [0.717, 1.165) is 25.0 Å². The number of rotatable bonds is 8. The van der Waals surface area contributed by atoms with E-state index in [1.54, 1.807) is 6.08 Å². The summed E-state index contributed by atoms with van der Waals surface area (Å²) in [6.07, 6.45) is 8.45. The Hall–Kier alpha value is -0.910. The maximum absolute atomic E-state index is 8.36. The van der Waals surface area contributed by atoms with Crippen LogP contribution >= 0.6 is 0 Å². The van der Waals surface area contributed by atoms with Gasteiger partial charge in [-0.05, 0) is 45.7 Å². The van der Waals surface area contributed by atoms with E-state index in [0.29, 0.717) is 0 Å². The van der Waals surface area contributed by atoms with Crippen molar-refractivity contribution in [3.63, 3.8) is 0 Å². The highest BCUT2D eigenvalue weighted by Gasteiger charge is 2.14. The number of carbonyl (C=O) groups is 1. The van der Waals surface area contributed by atoms with E-state index in [-0.39, 0.29) is 6.47 Å². The standard InChI is InChI=1S/C13H29N.C3H6.2C2H6.CH5N.CH2O2.CH4O/c1-6-11(4)13(14-5)10-9-12(7-2)8-3;1-3-2;3*1-2;2-1-3;1-2/h11-14H,6-10H2,1-5H3;3H,1H2,2H3;2*1-2H3;2H2,1H3;1H,(H,2,3);2H,1H3. The maximum atomic E-state index is 8.36. The normalized spacial score (nSPS) is 9.68. The zero-order valence-corrected chi connectivity index (χ0v) is 21.5. The van der Waals surface area contributed by atoms with Gasteiger partial charge >= 0.3 is 0 Å². The molecule has 0 fully saturated rings. The molecule has 178 valence electrons. The molecule has 0 aliphatic rings. The monoisotopic (exact) mass is 410 g/mol. The highest BCUT2D eigenvalue weighted by Crippen LogP contribution is 2.19. The summed E-state index contributed by atoms with van der Waals surface area (Å²) in [6.45, 7) is 22.3. The number of hydrogen-bond donors (Lipinski definition) is 4. The molecule has 0 amide bonds. The minimum absolute atomic E-state index is 0.250. The fourth-order valence-electron chi connectivity index (χ4n) is 2.11. The molecule has 0 bridgehead atoms. The van der Waals surface area contributed by atoms with Gasteiger partial charge in [0.15, 0.2) is 0 Å². The third kappa shape index (κ3) is 56.2. The van der Waals surface area contributed by atoms with Gasteiger partial charge in [-0.1, -0.05) is 80.7 Å². The van der Waals surface area contributed by atoms with Crippen LogP contribution in [0.15, 0.2) is 12.7 Å². The molecule has 0 radical (unpaired) electrons. The van der Waals surface area contributed by atoms with Crippen LogP contribution in [0.2, 0.25) is 0 Å². The lowest BCUT2D eigenvalue weighted by Gasteiger charge is -2.24. The molecule has 0 saturated carbocycles. The molecule has 0 saturated heterocycles. The molecule has 0 aromatic rings. The van der Waals surface area contributed by atoms with Crippen LogP contribution in [0, 0.1) is 11.8 Å². The summed E-state index contributed by atoms with van der Waals surface area (Å²) in [4.78, 5) is 8.36. The van der Waals surface area contributed by atoms with Gasteiger partial charge in [0, 0.05) is 13.2 Å². The van der Waals surface area contributed by atoms with E-state index in [9.17, 15) is 0 Å². The van der Waals surface area contributed by atoms with Crippen molar-refractivity contribution >= 4 is 6.47 Å². The van der Waals surface area contributed by atoms with Gasteiger partial charge in [-0.15, -0.1) is 6.58 Å². The first kappa shape index (κ1) is 45.7. The molecule has 0 aromatic carbocycles. The minimum atomic E-state index is -0.250.